The normalized spacial score (nSPS) is 46.9. The molecule has 0 radical (unpaired) electrons. The topological polar surface area (TPSA) is 57.2 Å². The van der Waals surface area contributed by atoms with Crippen LogP contribution in [0, 0.1) is 29.6 Å². The van der Waals surface area contributed by atoms with Crippen LogP contribution in [0.1, 0.15) is 89.9 Å². The molecule has 5 aliphatic carbocycles. The largest absolute Gasteiger partial charge is 0.303 e. The smallest absolute Gasteiger partial charge is 0.239 e. The molecule has 2 aliphatic heterocycles. The summed E-state index contributed by atoms with van der Waals surface area (Å²) < 4.78 is 0. The lowest BCUT2D eigenvalue weighted by molar-refractivity contribution is -0.680. The van der Waals surface area contributed by atoms with Crippen LogP contribution in [-0.4, -0.2) is 41.9 Å². The number of nitrogens with zero attached hydrogens (tertiary/aromatic N) is 1. The molecular formula is C25H39NO5. The predicted molar refractivity (Wildman–Crippen MR) is 113 cm³/mol. The average Bonchev–Trinajstić information content (AvgIpc) is 3.28. The molecule has 2 saturated heterocycles. The first-order chi connectivity index (χ1) is 15.1. The van der Waals surface area contributed by atoms with Crippen LogP contribution in [0.25, 0.3) is 0 Å². The van der Waals surface area contributed by atoms with E-state index >= 15 is 0 Å². The lowest BCUT2D eigenvalue weighted by Crippen LogP contribution is -2.64. The van der Waals surface area contributed by atoms with Crippen molar-refractivity contribution >= 4 is 5.78 Å². The number of carbonyl (C=O) groups is 1. The fourth-order valence-corrected chi connectivity index (χ4v) is 7.84. The minimum Gasteiger partial charge on any atom is -0.303 e. The number of Topliss-reactive ketones (excluding diaryl/α,β-unsaturated/α-hetero) is 1. The van der Waals surface area contributed by atoms with E-state index in [0.29, 0.717) is 30.0 Å². The van der Waals surface area contributed by atoms with Gasteiger partial charge in [0.1, 0.15) is 5.78 Å². The van der Waals surface area contributed by atoms with Crippen molar-refractivity contribution in [3.8, 4) is 0 Å². The summed E-state index contributed by atoms with van der Waals surface area (Å²) in [7, 11) is 0. The Hall–Kier alpha value is -0.530. The van der Waals surface area contributed by atoms with Crippen molar-refractivity contribution in [2.45, 2.75) is 101 Å². The maximum absolute atomic E-state index is 12.5. The zero-order chi connectivity index (χ0) is 20.9. The van der Waals surface area contributed by atoms with Crippen molar-refractivity contribution in [2.24, 2.45) is 29.6 Å². The Bertz CT molecular complexity index is 627. The number of carbonyl (C=O) groups excluding carboxylic acids is 1. The molecule has 5 saturated carbocycles. The van der Waals surface area contributed by atoms with E-state index < -0.39 is 11.6 Å². The van der Waals surface area contributed by atoms with Crippen LogP contribution in [0.2, 0.25) is 0 Å². The van der Waals surface area contributed by atoms with E-state index in [9.17, 15) is 4.79 Å². The molecule has 0 aromatic carbocycles. The van der Waals surface area contributed by atoms with Gasteiger partial charge in [0.25, 0.3) is 0 Å². The maximum Gasteiger partial charge on any atom is 0.239 e. The molecule has 7 rings (SSSR count). The Kier molecular flexibility index (Phi) is 5.67. The SMILES string of the molecule is O=C(CCCN1CCCC1)CC1CCC2(CC1)OOC1(OO2)C2CC3CC(C2)CC1C3. The minimum atomic E-state index is -0.769. The summed E-state index contributed by atoms with van der Waals surface area (Å²) in [5, 5.41) is 0. The van der Waals surface area contributed by atoms with Crippen molar-refractivity contribution in [1.29, 1.82) is 0 Å². The van der Waals surface area contributed by atoms with Gasteiger partial charge in [-0.05, 0) is 102 Å². The maximum atomic E-state index is 12.5. The molecule has 0 N–H and O–H groups in total. The molecule has 0 atom stereocenters. The Labute approximate surface area is 186 Å². The fourth-order valence-electron chi connectivity index (χ4n) is 7.84. The molecule has 6 nitrogen and oxygen atoms in total. The van der Waals surface area contributed by atoms with Gasteiger partial charge in [0, 0.05) is 37.5 Å². The Morgan fingerprint density at radius 1 is 0.839 bits per heavy atom. The lowest BCUT2D eigenvalue weighted by Gasteiger charge is -2.60. The third kappa shape index (κ3) is 4.01. The molecule has 2 heterocycles. The van der Waals surface area contributed by atoms with Gasteiger partial charge < -0.3 is 4.90 Å². The first-order valence-corrected chi connectivity index (χ1v) is 13.1. The van der Waals surface area contributed by atoms with Crippen LogP contribution in [0.4, 0.5) is 0 Å². The second kappa shape index (κ2) is 8.35. The van der Waals surface area contributed by atoms with Gasteiger partial charge >= 0.3 is 0 Å². The van der Waals surface area contributed by atoms with Crippen LogP contribution in [0.5, 0.6) is 0 Å². The average molecular weight is 434 g/mol. The number of rotatable bonds is 6. The summed E-state index contributed by atoms with van der Waals surface area (Å²) in [4.78, 5) is 39.3. The molecule has 0 unspecified atom stereocenters. The quantitative estimate of drug-likeness (QED) is 0.563. The Balaban J connectivity index is 0.957. The molecule has 7 fully saturated rings. The number of hydrogen-bond acceptors (Lipinski definition) is 6. The predicted octanol–water partition coefficient (Wildman–Crippen LogP) is 4.77. The zero-order valence-corrected chi connectivity index (χ0v) is 18.9. The van der Waals surface area contributed by atoms with Gasteiger partial charge in [-0.3, -0.25) is 4.79 Å². The van der Waals surface area contributed by atoms with Crippen molar-refractivity contribution in [1.82, 2.24) is 4.90 Å². The summed E-state index contributed by atoms with van der Waals surface area (Å²) in [5.41, 5.74) is 0. The van der Waals surface area contributed by atoms with Gasteiger partial charge in [-0.2, -0.15) is 19.6 Å². The number of likely N-dealkylation sites (tertiary alicyclic amines) is 1. The molecule has 31 heavy (non-hydrogen) atoms. The molecule has 4 bridgehead atoms. The van der Waals surface area contributed by atoms with Gasteiger partial charge in [-0.15, -0.1) is 0 Å². The zero-order valence-electron chi connectivity index (χ0n) is 18.9. The summed E-state index contributed by atoms with van der Waals surface area (Å²) in [6.45, 7) is 3.51. The van der Waals surface area contributed by atoms with Gasteiger partial charge in [0.15, 0.2) is 0 Å². The van der Waals surface area contributed by atoms with E-state index in [1.54, 1.807) is 0 Å². The van der Waals surface area contributed by atoms with Crippen molar-refractivity contribution in [2.75, 3.05) is 19.6 Å². The molecule has 6 heteroatoms. The van der Waals surface area contributed by atoms with E-state index in [-0.39, 0.29) is 0 Å². The third-order valence-corrected chi connectivity index (χ3v) is 9.44. The Morgan fingerprint density at radius 2 is 1.45 bits per heavy atom. The number of hydrogen-bond donors (Lipinski definition) is 0. The van der Waals surface area contributed by atoms with Crippen LogP contribution in [0.15, 0.2) is 0 Å². The monoisotopic (exact) mass is 433 g/mol. The lowest BCUT2D eigenvalue weighted by atomic mass is 9.53. The highest BCUT2D eigenvalue weighted by Crippen LogP contribution is 2.61. The molecule has 0 aromatic heterocycles. The highest BCUT2D eigenvalue weighted by molar-refractivity contribution is 5.78. The van der Waals surface area contributed by atoms with E-state index in [1.165, 1.54) is 58.0 Å². The van der Waals surface area contributed by atoms with Gasteiger partial charge in [-0.25, -0.2) is 0 Å². The highest BCUT2D eigenvalue weighted by Gasteiger charge is 2.64. The molecule has 7 aliphatic rings. The van der Waals surface area contributed by atoms with E-state index in [2.05, 4.69) is 4.90 Å². The summed E-state index contributed by atoms with van der Waals surface area (Å²) >= 11 is 0. The highest BCUT2D eigenvalue weighted by atomic mass is 17.4. The van der Waals surface area contributed by atoms with Crippen LogP contribution < -0.4 is 0 Å². The van der Waals surface area contributed by atoms with E-state index in [1.807, 2.05) is 0 Å². The Morgan fingerprint density at radius 3 is 2.06 bits per heavy atom. The summed E-state index contributed by atoms with van der Waals surface area (Å²) in [6, 6.07) is 0. The van der Waals surface area contributed by atoms with Crippen LogP contribution in [0.3, 0.4) is 0 Å². The first-order valence-electron chi connectivity index (χ1n) is 13.1. The number of ketones is 1. The summed E-state index contributed by atoms with van der Waals surface area (Å²) in [5.74, 6) is 1.95. The van der Waals surface area contributed by atoms with E-state index in [0.717, 1.165) is 56.9 Å². The van der Waals surface area contributed by atoms with Crippen LogP contribution in [-0.2, 0) is 24.3 Å². The second-order valence-corrected chi connectivity index (χ2v) is 11.6. The van der Waals surface area contributed by atoms with Gasteiger partial charge in [0.2, 0.25) is 11.6 Å². The first kappa shape index (κ1) is 21.0. The van der Waals surface area contributed by atoms with Crippen molar-refractivity contribution < 1.29 is 24.3 Å². The second-order valence-electron chi connectivity index (χ2n) is 11.6. The minimum absolute atomic E-state index is 0.413. The van der Waals surface area contributed by atoms with Crippen molar-refractivity contribution in [3.63, 3.8) is 0 Å². The fraction of sp³-hybridized carbons (Fsp3) is 0.960. The van der Waals surface area contributed by atoms with Gasteiger partial charge in [-0.1, -0.05) is 0 Å². The molecule has 2 spiro atoms. The molecule has 174 valence electrons. The van der Waals surface area contributed by atoms with Crippen LogP contribution >= 0.6 is 0 Å². The standard InChI is InChI=1S/C25H39NO5/c27-23(4-3-11-26-9-1-2-10-26)17-18-5-7-24(8-6-18)28-30-25(31-29-24)21-13-19-12-20(15-21)16-22(25)14-19/h18-22H,1-17H2. The van der Waals surface area contributed by atoms with Crippen molar-refractivity contribution in [3.05, 3.63) is 0 Å². The molecule has 0 amide bonds. The molecular weight excluding hydrogens is 394 g/mol. The van der Waals surface area contributed by atoms with E-state index in [4.69, 9.17) is 19.6 Å². The summed E-state index contributed by atoms with van der Waals surface area (Å²) in [6.07, 6.45) is 14.6. The third-order valence-electron chi connectivity index (χ3n) is 9.44. The molecule has 0 aromatic rings. The van der Waals surface area contributed by atoms with Gasteiger partial charge in [0.05, 0.1) is 0 Å².